The molecule has 0 spiro atoms. The molecule has 104 valence electrons. The SMILES string of the molecule is CC(=O)c1c[nH]c(C(=O)N(C)Cc2cccc(F)c2)c1. The summed E-state index contributed by atoms with van der Waals surface area (Å²) < 4.78 is 13.1. The van der Waals surface area contributed by atoms with Crippen LogP contribution in [-0.2, 0) is 6.54 Å². The normalized spacial score (nSPS) is 10.3. The van der Waals surface area contributed by atoms with Crippen molar-refractivity contribution in [3.8, 4) is 0 Å². The topological polar surface area (TPSA) is 53.2 Å². The minimum atomic E-state index is -0.331. The van der Waals surface area contributed by atoms with Crippen molar-refractivity contribution in [1.82, 2.24) is 9.88 Å². The van der Waals surface area contributed by atoms with E-state index in [0.717, 1.165) is 0 Å². The Hall–Kier alpha value is -2.43. The Labute approximate surface area is 116 Å². The second-order valence-corrected chi connectivity index (χ2v) is 4.65. The Balaban J connectivity index is 2.10. The van der Waals surface area contributed by atoms with E-state index in [4.69, 9.17) is 0 Å². The summed E-state index contributed by atoms with van der Waals surface area (Å²) in [6.07, 6.45) is 1.51. The number of hydrogen-bond acceptors (Lipinski definition) is 2. The molecule has 0 aliphatic carbocycles. The van der Waals surface area contributed by atoms with E-state index in [0.29, 0.717) is 23.4 Å². The number of ketones is 1. The number of Topliss-reactive ketones (excluding diaryl/α,β-unsaturated/α-hetero) is 1. The summed E-state index contributed by atoms with van der Waals surface area (Å²) in [6, 6.07) is 7.62. The second kappa shape index (κ2) is 5.69. The highest BCUT2D eigenvalue weighted by Crippen LogP contribution is 2.11. The molecule has 0 aliphatic heterocycles. The lowest BCUT2D eigenvalue weighted by Crippen LogP contribution is -2.26. The molecule has 2 rings (SSSR count). The number of hydrogen-bond donors (Lipinski definition) is 1. The van der Waals surface area contributed by atoms with Gasteiger partial charge < -0.3 is 9.88 Å². The van der Waals surface area contributed by atoms with Crippen molar-refractivity contribution in [2.24, 2.45) is 0 Å². The summed E-state index contributed by atoms with van der Waals surface area (Å²) in [7, 11) is 1.63. The van der Waals surface area contributed by atoms with Gasteiger partial charge in [-0.05, 0) is 30.7 Å². The summed E-state index contributed by atoms with van der Waals surface area (Å²) in [5.74, 6) is -0.683. The van der Waals surface area contributed by atoms with Crippen LogP contribution < -0.4 is 0 Å². The van der Waals surface area contributed by atoms with Gasteiger partial charge in [-0.3, -0.25) is 9.59 Å². The van der Waals surface area contributed by atoms with Crippen molar-refractivity contribution < 1.29 is 14.0 Å². The molecule has 0 bridgehead atoms. The van der Waals surface area contributed by atoms with E-state index >= 15 is 0 Å². The molecule has 5 heteroatoms. The molecule has 0 fully saturated rings. The van der Waals surface area contributed by atoms with Crippen molar-refractivity contribution in [3.63, 3.8) is 0 Å². The number of carbonyl (C=O) groups is 2. The summed E-state index contributed by atoms with van der Waals surface area (Å²) in [4.78, 5) is 27.6. The van der Waals surface area contributed by atoms with Crippen LogP contribution in [0.5, 0.6) is 0 Å². The van der Waals surface area contributed by atoms with E-state index in [2.05, 4.69) is 4.98 Å². The van der Waals surface area contributed by atoms with Gasteiger partial charge in [-0.2, -0.15) is 0 Å². The lowest BCUT2D eigenvalue weighted by atomic mass is 10.2. The highest BCUT2D eigenvalue weighted by Gasteiger charge is 2.15. The zero-order valence-electron chi connectivity index (χ0n) is 11.3. The Bertz CT molecular complexity index is 649. The van der Waals surface area contributed by atoms with Gasteiger partial charge in [0.2, 0.25) is 0 Å². The van der Waals surface area contributed by atoms with Gasteiger partial charge in [0, 0.05) is 25.4 Å². The number of nitrogens with one attached hydrogen (secondary N) is 1. The molecule has 2 aromatic rings. The maximum atomic E-state index is 13.1. The number of amides is 1. The molecule has 4 nitrogen and oxygen atoms in total. The number of carbonyl (C=O) groups excluding carboxylic acids is 2. The number of aromatic nitrogens is 1. The zero-order valence-corrected chi connectivity index (χ0v) is 11.3. The Morgan fingerprint density at radius 3 is 2.65 bits per heavy atom. The van der Waals surface area contributed by atoms with Crippen LogP contribution >= 0.6 is 0 Å². The number of halogens is 1. The lowest BCUT2D eigenvalue weighted by molar-refractivity contribution is 0.0780. The van der Waals surface area contributed by atoms with E-state index in [1.165, 1.54) is 36.2 Å². The monoisotopic (exact) mass is 274 g/mol. The van der Waals surface area contributed by atoms with E-state index < -0.39 is 0 Å². The van der Waals surface area contributed by atoms with Gasteiger partial charge in [0.25, 0.3) is 5.91 Å². The molecule has 1 heterocycles. The van der Waals surface area contributed by atoms with Gasteiger partial charge in [0.15, 0.2) is 5.78 Å². The van der Waals surface area contributed by atoms with Crippen LogP contribution in [0.1, 0.15) is 33.3 Å². The molecular weight excluding hydrogens is 259 g/mol. The van der Waals surface area contributed by atoms with Crippen molar-refractivity contribution in [1.29, 1.82) is 0 Å². The number of aromatic amines is 1. The first-order valence-corrected chi connectivity index (χ1v) is 6.16. The third kappa shape index (κ3) is 3.12. The molecular formula is C15H15FN2O2. The zero-order chi connectivity index (χ0) is 14.7. The van der Waals surface area contributed by atoms with Crippen molar-refractivity contribution in [2.45, 2.75) is 13.5 Å². The Morgan fingerprint density at radius 1 is 1.30 bits per heavy atom. The number of rotatable bonds is 4. The van der Waals surface area contributed by atoms with E-state index in [1.807, 2.05) is 0 Å². The van der Waals surface area contributed by atoms with Crippen molar-refractivity contribution >= 4 is 11.7 Å². The predicted molar refractivity (Wildman–Crippen MR) is 73.0 cm³/mol. The molecule has 0 saturated carbocycles. The van der Waals surface area contributed by atoms with Crippen LogP contribution in [-0.4, -0.2) is 28.6 Å². The van der Waals surface area contributed by atoms with E-state index in [1.54, 1.807) is 19.2 Å². The molecule has 0 aliphatic rings. The van der Waals surface area contributed by atoms with Crippen LogP contribution in [0.4, 0.5) is 4.39 Å². The quantitative estimate of drug-likeness (QED) is 0.871. The summed E-state index contributed by atoms with van der Waals surface area (Å²) in [6.45, 7) is 1.74. The van der Waals surface area contributed by atoms with Crippen LogP contribution in [0.3, 0.4) is 0 Å². The third-order valence-corrected chi connectivity index (χ3v) is 2.98. The molecule has 0 saturated heterocycles. The Kier molecular flexibility index (Phi) is 3.98. The molecule has 0 radical (unpaired) electrons. The lowest BCUT2D eigenvalue weighted by Gasteiger charge is -2.16. The van der Waals surface area contributed by atoms with E-state index in [-0.39, 0.29) is 17.5 Å². The average molecular weight is 274 g/mol. The summed E-state index contributed by atoms with van der Waals surface area (Å²) in [5.41, 5.74) is 1.51. The number of nitrogens with zero attached hydrogens (tertiary/aromatic N) is 1. The first-order valence-electron chi connectivity index (χ1n) is 6.16. The van der Waals surface area contributed by atoms with Gasteiger partial charge >= 0.3 is 0 Å². The smallest absolute Gasteiger partial charge is 0.270 e. The largest absolute Gasteiger partial charge is 0.356 e. The molecule has 1 aromatic carbocycles. The van der Waals surface area contributed by atoms with Crippen LogP contribution in [0, 0.1) is 5.82 Å². The van der Waals surface area contributed by atoms with Crippen molar-refractivity contribution in [2.75, 3.05) is 7.05 Å². The maximum Gasteiger partial charge on any atom is 0.270 e. The predicted octanol–water partition coefficient (Wildman–Crippen LogP) is 2.63. The highest BCUT2D eigenvalue weighted by atomic mass is 19.1. The fourth-order valence-corrected chi connectivity index (χ4v) is 1.91. The molecule has 1 amide bonds. The molecule has 1 aromatic heterocycles. The fraction of sp³-hybridized carbons (Fsp3) is 0.200. The first kappa shape index (κ1) is 14.0. The molecule has 0 unspecified atom stereocenters. The van der Waals surface area contributed by atoms with Gasteiger partial charge in [-0.15, -0.1) is 0 Å². The summed E-state index contributed by atoms with van der Waals surface area (Å²) >= 11 is 0. The first-order chi connectivity index (χ1) is 9.47. The number of benzene rings is 1. The fourth-order valence-electron chi connectivity index (χ4n) is 1.91. The van der Waals surface area contributed by atoms with Crippen LogP contribution in [0.25, 0.3) is 0 Å². The minimum absolute atomic E-state index is 0.104. The Morgan fingerprint density at radius 2 is 2.05 bits per heavy atom. The highest BCUT2D eigenvalue weighted by molar-refractivity contribution is 5.98. The molecule has 20 heavy (non-hydrogen) atoms. The summed E-state index contributed by atoms with van der Waals surface area (Å²) in [5, 5.41) is 0. The van der Waals surface area contributed by atoms with Crippen LogP contribution in [0.2, 0.25) is 0 Å². The van der Waals surface area contributed by atoms with Gasteiger partial charge in [0.1, 0.15) is 11.5 Å². The second-order valence-electron chi connectivity index (χ2n) is 4.65. The average Bonchev–Trinajstić information content (AvgIpc) is 2.87. The van der Waals surface area contributed by atoms with Crippen LogP contribution in [0.15, 0.2) is 36.5 Å². The van der Waals surface area contributed by atoms with Gasteiger partial charge in [-0.25, -0.2) is 4.39 Å². The third-order valence-electron chi connectivity index (χ3n) is 2.98. The van der Waals surface area contributed by atoms with Crippen molar-refractivity contribution in [3.05, 3.63) is 59.2 Å². The minimum Gasteiger partial charge on any atom is -0.356 e. The maximum absolute atomic E-state index is 13.1. The number of H-pyrrole nitrogens is 1. The standard InChI is InChI=1S/C15H15FN2O2/c1-10(19)12-7-14(17-8-12)15(20)18(2)9-11-4-3-5-13(16)6-11/h3-8,17H,9H2,1-2H3. The molecule has 0 atom stereocenters. The van der Waals surface area contributed by atoms with Gasteiger partial charge in [0.05, 0.1) is 0 Å². The molecule has 1 N–H and O–H groups in total. The van der Waals surface area contributed by atoms with Gasteiger partial charge in [-0.1, -0.05) is 12.1 Å². The van der Waals surface area contributed by atoms with E-state index in [9.17, 15) is 14.0 Å².